The van der Waals surface area contributed by atoms with Gasteiger partial charge in [0, 0.05) is 11.6 Å². The minimum Gasteiger partial charge on any atom is -0.207 e. The molecule has 3 heteroatoms. The number of halogens is 3. The molecule has 2 rings (SSSR count). The molecule has 0 aliphatic heterocycles. The second-order valence-corrected chi connectivity index (χ2v) is 6.25. The number of hydrogen-bond donors (Lipinski definition) is 0. The summed E-state index contributed by atoms with van der Waals surface area (Å²) in [4.78, 5) is -0.267. The molecular formula is C18H19BrF2. The maximum Gasteiger partial charge on any atom is 0.130 e. The molecule has 1 unspecified atom stereocenters. The van der Waals surface area contributed by atoms with Crippen LogP contribution in [0.5, 0.6) is 0 Å². The van der Waals surface area contributed by atoms with Gasteiger partial charge in [-0.25, -0.2) is 8.78 Å². The molecule has 0 heterocycles. The van der Waals surface area contributed by atoms with Crippen molar-refractivity contribution in [3.63, 3.8) is 0 Å². The Kier molecular flexibility index (Phi) is 5.51. The highest BCUT2D eigenvalue weighted by molar-refractivity contribution is 9.09. The summed E-state index contributed by atoms with van der Waals surface area (Å²) in [6.45, 7) is 3.81. The van der Waals surface area contributed by atoms with Crippen LogP contribution in [0.25, 0.3) is 0 Å². The van der Waals surface area contributed by atoms with E-state index in [1.54, 1.807) is 13.0 Å². The maximum atomic E-state index is 13.9. The average molecular weight is 353 g/mol. The Morgan fingerprint density at radius 1 is 1.05 bits per heavy atom. The summed E-state index contributed by atoms with van der Waals surface area (Å²) in [5, 5.41) is 0. The fourth-order valence-electron chi connectivity index (χ4n) is 2.29. The number of alkyl halides is 1. The quantitative estimate of drug-likeness (QED) is 0.570. The SMILES string of the molecule is CCCCc1ccc(C(Br)c2cc(C)c(F)cc2F)cc1. The molecule has 0 aliphatic carbocycles. The van der Waals surface area contributed by atoms with Crippen molar-refractivity contribution in [1.29, 1.82) is 0 Å². The van der Waals surface area contributed by atoms with Gasteiger partial charge >= 0.3 is 0 Å². The minimum atomic E-state index is -0.518. The maximum absolute atomic E-state index is 13.9. The van der Waals surface area contributed by atoms with Gasteiger partial charge in [-0.15, -0.1) is 0 Å². The van der Waals surface area contributed by atoms with Crippen LogP contribution >= 0.6 is 15.9 Å². The molecule has 0 amide bonds. The van der Waals surface area contributed by atoms with Gasteiger partial charge in [-0.2, -0.15) is 0 Å². The van der Waals surface area contributed by atoms with Gasteiger partial charge in [0.15, 0.2) is 0 Å². The molecule has 0 N–H and O–H groups in total. The number of aryl methyl sites for hydroxylation is 2. The van der Waals surface area contributed by atoms with Gasteiger partial charge in [0.05, 0.1) is 4.83 Å². The van der Waals surface area contributed by atoms with E-state index in [-0.39, 0.29) is 4.83 Å². The lowest BCUT2D eigenvalue weighted by Gasteiger charge is -2.14. The summed E-state index contributed by atoms with van der Waals surface area (Å²) in [7, 11) is 0. The van der Waals surface area contributed by atoms with Crippen molar-refractivity contribution in [2.24, 2.45) is 0 Å². The predicted molar refractivity (Wildman–Crippen MR) is 86.9 cm³/mol. The van der Waals surface area contributed by atoms with Crippen molar-refractivity contribution in [3.05, 3.63) is 70.3 Å². The molecular weight excluding hydrogens is 334 g/mol. The summed E-state index contributed by atoms with van der Waals surface area (Å²) in [6.07, 6.45) is 3.40. The van der Waals surface area contributed by atoms with Crippen LogP contribution in [-0.4, -0.2) is 0 Å². The Labute approximate surface area is 133 Å². The van der Waals surface area contributed by atoms with E-state index in [1.807, 2.05) is 12.1 Å². The van der Waals surface area contributed by atoms with Crippen LogP contribution in [0.4, 0.5) is 8.78 Å². The molecule has 0 nitrogen and oxygen atoms in total. The predicted octanol–water partition coefficient (Wildman–Crippen LogP) is 6.10. The molecule has 2 aromatic carbocycles. The molecule has 1 atom stereocenters. The molecule has 21 heavy (non-hydrogen) atoms. The Morgan fingerprint density at radius 2 is 1.71 bits per heavy atom. The minimum absolute atomic E-state index is 0.267. The Balaban J connectivity index is 2.23. The molecule has 0 aromatic heterocycles. The molecule has 112 valence electrons. The third-order valence-electron chi connectivity index (χ3n) is 3.64. The first-order chi connectivity index (χ1) is 10.0. The Bertz CT molecular complexity index is 605. The van der Waals surface area contributed by atoms with E-state index >= 15 is 0 Å². The zero-order chi connectivity index (χ0) is 15.4. The molecule has 0 spiro atoms. The van der Waals surface area contributed by atoms with Crippen LogP contribution in [0, 0.1) is 18.6 Å². The third kappa shape index (κ3) is 3.91. The third-order valence-corrected chi connectivity index (χ3v) is 4.66. The lowest BCUT2D eigenvalue weighted by Crippen LogP contribution is -1.99. The van der Waals surface area contributed by atoms with Gasteiger partial charge < -0.3 is 0 Å². The fourth-order valence-corrected chi connectivity index (χ4v) is 2.94. The first-order valence-corrected chi connectivity index (χ1v) is 8.13. The molecule has 0 saturated carbocycles. The molecule has 0 fully saturated rings. The summed E-state index contributed by atoms with van der Waals surface area (Å²) in [6, 6.07) is 10.7. The fraction of sp³-hybridized carbons (Fsp3) is 0.333. The number of unbranched alkanes of at least 4 members (excludes halogenated alkanes) is 1. The molecule has 2 aromatic rings. The monoisotopic (exact) mass is 352 g/mol. The Hall–Kier alpha value is -1.22. The summed E-state index contributed by atoms with van der Waals surface area (Å²) < 4.78 is 27.3. The smallest absolute Gasteiger partial charge is 0.130 e. The lowest BCUT2D eigenvalue weighted by atomic mass is 10.00. The van der Waals surface area contributed by atoms with Crippen LogP contribution in [0.1, 0.15) is 46.8 Å². The van der Waals surface area contributed by atoms with Crippen LogP contribution in [0.2, 0.25) is 0 Å². The molecule has 0 radical (unpaired) electrons. The van der Waals surface area contributed by atoms with E-state index in [0.29, 0.717) is 11.1 Å². The van der Waals surface area contributed by atoms with Gasteiger partial charge in [-0.3, -0.25) is 0 Å². The second-order valence-electron chi connectivity index (χ2n) is 5.33. The lowest BCUT2D eigenvalue weighted by molar-refractivity contribution is 0.569. The number of benzene rings is 2. The van der Waals surface area contributed by atoms with Crippen molar-refractivity contribution >= 4 is 15.9 Å². The van der Waals surface area contributed by atoms with E-state index in [1.165, 1.54) is 18.4 Å². The zero-order valence-corrected chi connectivity index (χ0v) is 13.9. The zero-order valence-electron chi connectivity index (χ0n) is 12.3. The van der Waals surface area contributed by atoms with Gasteiger partial charge in [0.1, 0.15) is 11.6 Å². The van der Waals surface area contributed by atoms with Crippen LogP contribution in [0.15, 0.2) is 36.4 Å². The standard InChI is InChI=1S/C18H19BrF2/c1-3-4-5-13-6-8-14(9-7-13)18(19)15-10-12(2)16(20)11-17(15)21/h6-11,18H,3-5H2,1-2H3. The molecule has 0 aliphatic rings. The Morgan fingerprint density at radius 3 is 2.33 bits per heavy atom. The summed E-state index contributed by atoms with van der Waals surface area (Å²) in [5.41, 5.74) is 3.18. The summed E-state index contributed by atoms with van der Waals surface area (Å²) >= 11 is 3.52. The highest BCUT2D eigenvalue weighted by atomic mass is 79.9. The van der Waals surface area contributed by atoms with Gasteiger partial charge in [-0.1, -0.05) is 53.5 Å². The normalized spacial score (nSPS) is 12.4. The van der Waals surface area contributed by atoms with E-state index in [0.717, 1.165) is 18.1 Å². The molecule has 0 saturated heterocycles. The van der Waals surface area contributed by atoms with Crippen molar-refractivity contribution in [2.45, 2.75) is 37.9 Å². The topological polar surface area (TPSA) is 0 Å². The largest absolute Gasteiger partial charge is 0.207 e. The van der Waals surface area contributed by atoms with Crippen molar-refractivity contribution in [1.82, 2.24) is 0 Å². The highest BCUT2D eigenvalue weighted by Crippen LogP contribution is 2.33. The van der Waals surface area contributed by atoms with Crippen LogP contribution in [0.3, 0.4) is 0 Å². The number of rotatable bonds is 5. The van der Waals surface area contributed by atoms with Crippen molar-refractivity contribution in [2.75, 3.05) is 0 Å². The van der Waals surface area contributed by atoms with Crippen LogP contribution < -0.4 is 0 Å². The van der Waals surface area contributed by atoms with E-state index < -0.39 is 11.6 Å². The average Bonchev–Trinajstić information content (AvgIpc) is 2.48. The van der Waals surface area contributed by atoms with Crippen LogP contribution in [-0.2, 0) is 6.42 Å². The first-order valence-electron chi connectivity index (χ1n) is 7.21. The van der Waals surface area contributed by atoms with E-state index in [4.69, 9.17) is 0 Å². The van der Waals surface area contributed by atoms with Crippen molar-refractivity contribution in [3.8, 4) is 0 Å². The highest BCUT2D eigenvalue weighted by Gasteiger charge is 2.16. The molecule has 0 bridgehead atoms. The summed E-state index contributed by atoms with van der Waals surface area (Å²) in [5.74, 6) is -1.03. The van der Waals surface area contributed by atoms with Crippen molar-refractivity contribution < 1.29 is 8.78 Å². The first kappa shape index (κ1) is 16.2. The van der Waals surface area contributed by atoms with E-state index in [9.17, 15) is 8.78 Å². The van der Waals surface area contributed by atoms with E-state index in [2.05, 4.69) is 35.0 Å². The number of hydrogen-bond acceptors (Lipinski definition) is 0. The second kappa shape index (κ2) is 7.17. The van der Waals surface area contributed by atoms with Gasteiger partial charge in [0.2, 0.25) is 0 Å². The van der Waals surface area contributed by atoms with Gasteiger partial charge in [0.25, 0.3) is 0 Å². The van der Waals surface area contributed by atoms with Gasteiger partial charge in [-0.05, 0) is 42.5 Å².